The summed E-state index contributed by atoms with van der Waals surface area (Å²) in [5, 5.41) is 35.5. The number of benzene rings is 1. The van der Waals surface area contributed by atoms with Crippen LogP contribution in [0.5, 0.6) is 0 Å². The fourth-order valence-electron chi connectivity index (χ4n) is 3.13. The summed E-state index contributed by atoms with van der Waals surface area (Å²) in [6, 6.07) is 0.941. The Kier molecular flexibility index (Phi) is 9.91. The van der Waals surface area contributed by atoms with Gasteiger partial charge in [0.1, 0.15) is 0 Å². The van der Waals surface area contributed by atoms with E-state index in [1.54, 1.807) is 0 Å². The number of nitro benzene ring substituents is 2. The Morgan fingerprint density at radius 3 is 2.14 bits per heavy atom. The molecule has 28 heavy (non-hydrogen) atoms. The van der Waals surface area contributed by atoms with Gasteiger partial charge in [0.25, 0.3) is 5.69 Å². The van der Waals surface area contributed by atoms with E-state index in [-0.39, 0.29) is 23.2 Å². The molecule has 0 unspecified atom stereocenters. The molecule has 0 saturated carbocycles. The van der Waals surface area contributed by atoms with Crippen molar-refractivity contribution in [3.8, 4) is 0 Å². The quantitative estimate of drug-likeness (QED) is 0.247. The van der Waals surface area contributed by atoms with Gasteiger partial charge in [-0.2, -0.15) is 0 Å². The van der Waals surface area contributed by atoms with Crippen LogP contribution in [-0.4, -0.2) is 27.5 Å². The lowest BCUT2D eigenvalue weighted by Crippen LogP contribution is -2.13. The van der Waals surface area contributed by atoms with Gasteiger partial charge in [0.05, 0.1) is 15.4 Å². The molecule has 0 aliphatic heterocycles. The van der Waals surface area contributed by atoms with E-state index in [1.165, 1.54) is 0 Å². The van der Waals surface area contributed by atoms with Gasteiger partial charge < -0.3 is 10.4 Å². The molecule has 156 valence electrons. The molecule has 0 saturated heterocycles. The van der Waals surface area contributed by atoms with Gasteiger partial charge in [-0.1, -0.05) is 52.4 Å². The van der Waals surface area contributed by atoms with Gasteiger partial charge in [-0.05, 0) is 19.3 Å². The van der Waals surface area contributed by atoms with Crippen LogP contribution in [0.15, 0.2) is 6.07 Å². The van der Waals surface area contributed by atoms with Crippen LogP contribution in [0.1, 0.15) is 81.1 Å². The van der Waals surface area contributed by atoms with Crippen molar-refractivity contribution in [2.24, 2.45) is 0 Å². The highest BCUT2D eigenvalue weighted by Crippen LogP contribution is 2.40. The second-order valence-corrected chi connectivity index (χ2v) is 6.76. The zero-order valence-corrected chi connectivity index (χ0v) is 16.5. The molecule has 1 rings (SSSR count). The highest BCUT2D eigenvalue weighted by molar-refractivity contribution is 5.95. The smallest absolute Gasteiger partial charge is 0.336 e. The SMILES string of the molecule is CCCCCCCCc1c(C(=O)O)cc([N+](=O)[O-])c(NCCCC)c1[N+](=O)[O-]. The Labute approximate surface area is 164 Å². The summed E-state index contributed by atoms with van der Waals surface area (Å²) < 4.78 is 0. The van der Waals surface area contributed by atoms with E-state index in [0.29, 0.717) is 19.4 Å². The predicted octanol–water partition coefficient (Wildman–Crippen LogP) is 5.32. The number of unbranched alkanes of at least 4 members (excludes halogenated alkanes) is 6. The second-order valence-electron chi connectivity index (χ2n) is 6.76. The van der Waals surface area contributed by atoms with E-state index >= 15 is 0 Å². The minimum atomic E-state index is -1.40. The van der Waals surface area contributed by atoms with Crippen molar-refractivity contribution in [1.29, 1.82) is 0 Å². The molecule has 0 aromatic heterocycles. The van der Waals surface area contributed by atoms with Gasteiger partial charge in [0.2, 0.25) is 0 Å². The Morgan fingerprint density at radius 2 is 1.61 bits per heavy atom. The van der Waals surface area contributed by atoms with Crippen LogP contribution < -0.4 is 5.32 Å². The molecular weight excluding hydrogens is 366 g/mol. The molecule has 0 amide bonds. The number of carboxylic acids is 1. The molecule has 9 nitrogen and oxygen atoms in total. The molecule has 0 spiro atoms. The summed E-state index contributed by atoms with van der Waals surface area (Å²) in [7, 11) is 0. The van der Waals surface area contributed by atoms with Gasteiger partial charge in [-0.15, -0.1) is 0 Å². The number of carboxylic acid groups (broad SMARTS) is 1. The highest BCUT2D eigenvalue weighted by atomic mass is 16.6. The fourth-order valence-corrected chi connectivity index (χ4v) is 3.13. The molecule has 9 heteroatoms. The third-order valence-corrected chi connectivity index (χ3v) is 4.61. The van der Waals surface area contributed by atoms with Crippen molar-refractivity contribution in [3.63, 3.8) is 0 Å². The highest BCUT2D eigenvalue weighted by Gasteiger charge is 2.33. The summed E-state index contributed by atoms with van der Waals surface area (Å²) in [6.07, 6.45) is 7.36. The number of carbonyl (C=O) groups is 1. The standard InChI is InChI=1S/C19H29N3O6/c1-3-5-7-8-9-10-11-14-15(19(23)24)13-16(21(25)26)17(18(14)22(27)28)20-12-6-4-2/h13,20H,3-12H2,1-2H3,(H,23,24). The first-order valence-corrected chi connectivity index (χ1v) is 9.80. The van der Waals surface area contributed by atoms with Crippen LogP contribution in [-0.2, 0) is 6.42 Å². The summed E-state index contributed by atoms with van der Waals surface area (Å²) >= 11 is 0. The van der Waals surface area contributed by atoms with Gasteiger partial charge in [-0.3, -0.25) is 20.2 Å². The maximum Gasteiger partial charge on any atom is 0.336 e. The minimum absolute atomic E-state index is 0.0533. The van der Waals surface area contributed by atoms with E-state index in [0.717, 1.165) is 44.6 Å². The van der Waals surface area contributed by atoms with Crippen LogP contribution in [0.4, 0.5) is 17.1 Å². The lowest BCUT2D eigenvalue weighted by Gasteiger charge is -2.13. The van der Waals surface area contributed by atoms with E-state index in [2.05, 4.69) is 12.2 Å². The van der Waals surface area contributed by atoms with Crippen LogP contribution in [0.3, 0.4) is 0 Å². The molecule has 2 N–H and O–H groups in total. The fraction of sp³-hybridized carbons (Fsp3) is 0.632. The number of anilines is 1. The largest absolute Gasteiger partial charge is 0.478 e. The first-order chi connectivity index (χ1) is 13.3. The Hall–Kier alpha value is -2.71. The van der Waals surface area contributed by atoms with Crippen LogP contribution in [0, 0.1) is 20.2 Å². The van der Waals surface area contributed by atoms with E-state index in [9.17, 15) is 30.1 Å². The minimum Gasteiger partial charge on any atom is -0.478 e. The average molecular weight is 395 g/mol. The molecule has 0 atom stereocenters. The van der Waals surface area contributed by atoms with Crippen molar-refractivity contribution in [2.75, 3.05) is 11.9 Å². The third-order valence-electron chi connectivity index (χ3n) is 4.61. The number of nitrogens with zero attached hydrogens (tertiary/aromatic N) is 2. The molecular formula is C19H29N3O6. The first kappa shape index (κ1) is 23.3. The number of rotatable bonds is 14. The number of nitro groups is 2. The van der Waals surface area contributed by atoms with Gasteiger partial charge in [-0.25, -0.2) is 4.79 Å². The number of nitrogens with one attached hydrogen (secondary N) is 1. The van der Waals surface area contributed by atoms with Crippen molar-refractivity contribution in [2.45, 2.75) is 71.6 Å². The Balaban J connectivity index is 3.31. The van der Waals surface area contributed by atoms with Crippen molar-refractivity contribution >= 4 is 23.0 Å². The van der Waals surface area contributed by atoms with Gasteiger partial charge in [0.15, 0.2) is 5.69 Å². The van der Waals surface area contributed by atoms with Gasteiger partial charge in [0, 0.05) is 18.2 Å². The number of hydrogen-bond acceptors (Lipinski definition) is 6. The summed E-state index contributed by atoms with van der Waals surface area (Å²) in [5.74, 6) is -1.40. The number of hydrogen-bond donors (Lipinski definition) is 2. The van der Waals surface area contributed by atoms with Crippen molar-refractivity contribution in [3.05, 3.63) is 37.4 Å². The average Bonchev–Trinajstić information content (AvgIpc) is 2.63. The zero-order chi connectivity index (χ0) is 21.1. The summed E-state index contributed by atoms with van der Waals surface area (Å²) in [6.45, 7) is 4.37. The molecule has 0 aliphatic rings. The molecule has 1 aromatic rings. The van der Waals surface area contributed by atoms with E-state index in [4.69, 9.17) is 0 Å². The van der Waals surface area contributed by atoms with Crippen LogP contribution in [0.25, 0.3) is 0 Å². The van der Waals surface area contributed by atoms with Crippen LogP contribution >= 0.6 is 0 Å². The molecule has 1 aromatic carbocycles. The Bertz CT molecular complexity index is 705. The molecule has 0 heterocycles. The maximum absolute atomic E-state index is 11.7. The molecule has 0 radical (unpaired) electrons. The summed E-state index contributed by atoms with van der Waals surface area (Å²) in [4.78, 5) is 33.3. The normalized spacial score (nSPS) is 10.6. The number of aromatic carboxylic acids is 1. The first-order valence-electron chi connectivity index (χ1n) is 9.80. The maximum atomic E-state index is 11.7. The van der Waals surface area contributed by atoms with Gasteiger partial charge >= 0.3 is 11.7 Å². The van der Waals surface area contributed by atoms with Crippen molar-refractivity contribution in [1.82, 2.24) is 0 Å². The Morgan fingerprint density at radius 1 is 1.00 bits per heavy atom. The van der Waals surface area contributed by atoms with E-state index in [1.807, 2.05) is 6.92 Å². The lowest BCUT2D eigenvalue weighted by molar-refractivity contribution is -0.392. The monoisotopic (exact) mass is 395 g/mol. The van der Waals surface area contributed by atoms with Crippen molar-refractivity contribution < 1.29 is 19.7 Å². The third kappa shape index (κ3) is 6.47. The molecule has 0 aliphatic carbocycles. The second kappa shape index (κ2) is 11.9. The molecule has 0 fully saturated rings. The van der Waals surface area contributed by atoms with Crippen LogP contribution in [0.2, 0.25) is 0 Å². The molecule has 0 bridgehead atoms. The van der Waals surface area contributed by atoms with E-state index < -0.39 is 27.2 Å². The topological polar surface area (TPSA) is 136 Å². The summed E-state index contributed by atoms with van der Waals surface area (Å²) in [5.41, 5.74) is -1.58. The zero-order valence-electron chi connectivity index (χ0n) is 16.5. The lowest BCUT2D eigenvalue weighted by atomic mass is 9.96. The predicted molar refractivity (Wildman–Crippen MR) is 107 cm³/mol.